The van der Waals surface area contributed by atoms with E-state index in [4.69, 9.17) is 5.84 Å². The Bertz CT molecular complexity index is 848. The van der Waals surface area contributed by atoms with Gasteiger partial charge in [0.1, 0.15) is 0 Å². The van der Waals surface area contributed by atoms with Gasteiger partial charge in [0.05, 0.1) is 6.54 Å². The number of amides is 1. The molecule has 0 saturated carbocycles. The summed E-state index contributed by atoms with van der Waals surface area (Å²) in [6.45, 7) is 2.60. The van der Waals surface area contributed by atoms with Crippen LogP contribution >= 0.6 is 11.3 Å². The van der Waals surface area contributed by atoms with Crippen molar-refractivity contribution in [1.29, 1.82) is 0 Å². The van der Waals surface area contributed by atoms with Crippen molar-refractivity contribution in [2.45, 2.75) is 32.7 Å². The molecule has 5 heteroatoms. The van der Waals surface area contributed by atoms with E-state index >= 15 is 0 Å². The summed E-state index contributed by atoms with van der Waals surface area (Å²) >= 11 is 1.65. The van der Waals surface area contributed by atoms with Gasteiger partial charge in [-0.3, -0.25) is 10.6 Å². The summed E-state index contributed by atoms with van der Waals surface area (Å²) in [5.41, 5.74) is 6.82. The number of aryl methyl sites for hydroxylation is 1. The second kappa shape index (κ2) is 9.35. The maximum absolute atomic E-state index is 13.0. The van der Waals surface area contributed by atoms with Crippen LogP contribution in [0.2, 0.25) is 0 Å². The van der Waals surface area contributed by atoms with Crippen LogP contribution in [0.1, 0.15) is 35.3 Å². The standard InChI is InChI=1S/C22H25N3OS/c1-17-8-10-18(11-9-17)12-13-22(26)25(16-21-7-4-14-27-21)20-6-3-2-5-19(15-20)24-23/h4,6-15,24H,2-3,5,16,23H2,1H3/b13-12+. The number of allylic oxidation sites excluding steroid dienone is 3. The van der Waals surface area contributed by atoms with Crippen LogP contribution in [0, 0.1) is 6.92 Å². The number of nitrogens with zero attached hydrogens (tertiary/aromatic N) is 1. The van der Waals surface area contributed by atoms with Gasteiger partial charge in [0.25, 0.3) is 5.91 Å². The lowest BCUT2D eigenvalue weighted by molar-refractivity contribution is -0.124. The monoisotopic (exact) mass is 379 g/mol. The van der Waals surface area contributed by atoms with Gasteiger partial charge < -0.3 is 10.3 Å². The van der Waals surface area contributed by atoms with E-state index in [1.54, 1.807) is 17.4 Å². The fraction of sp³-hybridized carbons (Fsp3) is 0.227. The minimum Gasteiger partial charge on any atom is -0.328 e. The summed E-state index contributed by atoms with van der Waals surface area (Å²) in [5, 5.41) is 2.03. The zero-order valence-electron chi connectivity index (χ0n) is 15.5. The van der Waals surface area contributed by atoms with Gasteiger partial charge in [-0.15, -0.1) is 11.3 Å². The third-order valence-electron chi connectivity index (χ3n) is 4.48. The minimum absolute atomic E-state index is 0.0373. The SMILES string of the molecule is Cc1ccc(/C=C/C(=O)N(Cc2cccs2)C2=CCCCC(NN)=C2)cc1. The molecule has 2 aromatic rings. The molecule has 0 fully saturated rings. The normalized spacial score (nSPS) is 14.4. The number of hydrogen-bond donors (Lipinski definition) is 2. The van der Waals surface area contributed by atoms with Gasteiger partial charge in [-0.05, 0) is 55.3 Å². The number of nitrogens with one attached hydrogen (secondary N) is 1. The molecular weight excluding hydrogens is 354 g/mol. The number of thiophene rings is 1. The van der Waals surface area contributed by atoms with Crippen LogP contribution in [0.15, 0.2) is 71.4 Å². The van der Waals surface area contributed by atoms with Crippen molar-refractivity contribution in [1.82, 2.24) is 10.3 Å². The Kier molecular flexibility index (Phi) is 6.63. The van der Waals surface area contributed by atoms with Crippen molar-refractivity contribution in [2.75, 3.05) is 0 Å². The van der Waals surface area contributed by atoms with E-state index < -0.39 is 0 Å². The first kappa shape index (κ1) is 19.1. The van der Waals surface area contributed by atoms with Gasteiger partial charge in [-0.1, -0.05) is 42.0 Å². The molecule has 0 bridgehead atoms. The highest BCUT2D eigenvalue weighted by atomic mass is 32.1. The fourth-order valence-electron chi connectivity index (χ4n) is 2.94. The zero-order valence-corrected chi connectivity index (χ0v) is 16.3. The second-order valence-electron chi connectivity index (χ2n) is 6.58. The van der Waals surface area contributed by atoms with Crippen LogP contribution < -0.4 is 11.3 Å². The van der Waals surface area contributed by atoms with Crippen molar-refractivity contribution < 1.29 is 4.79 Å². The average molecular weight is 380 g/mol. The summed E-state index contributed by atoms with van der Waals surface area (Å²) in [7, 11) is 0. The van der Waals surface area contributed by atoms with E-state index in [1.165, 1.54) is 5.56 Å². The number of benzene rings is 1. The van der Waals surface area contributed by atoms with Crippen LogP contribution in [-0.4, -0.2) is 10.8 Å². The molecule has 1 amide bonds. The summed E-state index contributed by atoms with van der Waals surface area (Å²) in [6.07, 6.45) is 10.4. The molecule has 1 heterocycles. The largest absolute Gasteiger partial charge is 0.328 e. The number of nitrogens with two attached hydrogens (primary N) is 1. The summed E-state index contributed by atoms with van der Waals surface area (Å²) in [4.78, 5) is 16.0. The Morgan fingerprint density at radius 1 is 1.30 bits per heavy atom. The summed E-state index contributed by atoms with van der Waals surface area (Å²) in [6, 6.07) is 12.2. The molecule has 140 valence electrons. The van der Waals surface area contributed by atoms with Gasteiger partial charge in [0, 0.05) is 22.3 Å². The minimum atomic E-state index is -0.0373. The third kappa shape index (κ3) is 5.42. The summed E-state index contributed by atoms with van der Waals surface area (Å²) < 4.78 is 0. The van der Waals surface area contributed by atoms with E-state index in [2.05, 4.69) is 24.5 Å². The first-order chi connectivity index (χ1) is 13.2. The average Bonchev–Trinajstić information content (AvgIpc) is 3.08. The van der Waals surface area contributed by atoms with E-state index in [0.29, 0.717) is 6.54 Å². The lowest BCUT2D eigenvalue weighted by Crippen LogP contribution is -2.28. The molecule has 0 aliphatic heterocycles. The molecule has 1 aromatic heterocycles. The van der Waals surface area contributed by atoms with Crippen LogP contribution in [0.25, 0.3) is 6.08 Å². The molecule has 0 unspecified atom stereocenters. The van der Waals surface area contributed by atoms with Gasteiger partial charge in [-0.2, -0.15) is 0 Å². The molecule has 0 atom stereocenters. The smallest absolute Gasteiger partial charge is 0.251 e. The Balaban J connectivity index is 1.85. The van der Waals surface area contributed by atoms with Gasteiger partial charge in [-0.25, -0.2) is 0 Å². The predicted molar refractivity (Wildman–Crippen MR) is 112 cm³/mol. The van der Waals surface area contributed by atoms with Crippen LogP contribution in [0.5, 0.6) is 0 Å². The highest BCUT2D eigenvalue weighted by Crippen LogP contribution is 2.22. The van der Waals surface area contributed by atoms with Crippen molar-refractivity contribution in [3.8, 4) is 0 Å². The van der Waals surface area contributed by atoms with Crippen molar-refractivity contribution >= 4 is 23.3 Å². The van der Waals surface area contributed by atoms with E-state index in [0.717, 1.165) is 41.1 Å². The topological polar surface area (TPSA) is 58.4 Å². The molecular formula is C22H25N3OS. The molecule has 27 heavy (non-hydrogen) atoms. The molecule has 1 aliphatic carbocycles. The lowest BCUT2D eigenvalue weighted by atomic mass is 10.1. The van der Waals surface area contributed by atoms with Crippen LogP contribution in [0.4, 0.5) is 0 Å². The van der Waals surface area contributed by atoms with Crippen LogP contribution in [-0.2, 0) is 11.3 Å². The number of rotatable bonds is 6. The fourth-order valence-corrected chi connectivity index (χ4v) is 3.64. The van der Waals surface area contributed by atoms with Gasteiger partial charge in [0.2, 0.25) is 0 Å². The number of hydrogen-bond acceptors (Lipinski definition) is 4. The number of hydrazine groups is 1. The molecule has 1 aromatic carbocycles. The van der Waals surface area contributed by atoms with E-state index in [-0.39, 0.29) is 5.91 Å². The quantitative estimate of drug-likeness (QED) is 0.441. The van der Waals surface area contributed by atoms with Crippen molar-refractivity contribution in [3.63, 3.8) is 0 Å². The second-order valence-corrected chi connectivity index (χ2v) is 7.62. The number of carbonyl (C=O) groups excluding carboxylic acids is 1. The highest BCUT2D eigenvalue weighted by Gasteiger charge is 2.17. The first-order valence-corrected chi connectivity index (χ1v) is 9.99. The van der Waals surface area contributed by atoms with E-state index in [1.807, 2.05) is 52.8 Å². The Hall–Kier alpha value is -2.63. The predicted octanol–water partition coefficient (Wildman–Crippen LogP) is 4.51. The molecule has 1 aliphatic rings. The van der Waals surface area contributed by atoms with E-state index in [9.17, 15) is 4.79 Å². The van der Waals surface area contributed by atoms with Crippen molar-refractivity contribution in [3.05, 3.63) is 87.4 Å². The van der Waals surface area contributed by atoms with Gasteiger partial charge >= 0.3 is 0 Å². The molecule has 0 saturated heterocycles. The molecule has 4 nitrogen and oxygen atoms in total. The maximum atomic E-state index is 13.0. The number of carbonyl (C=O) groups is 1. The van der Waals surface area contributed by atoms with Crippen molar-refractivity contribution in [2.24, 2.45) is 5.84 Å². The molecule has 0 spiro atoms. The molecule has 0 radical (unpaired) electrons. The Morgan fingerprint density at radius 2 is 2.11 bits per heavy atom. The lowest BCUT2D eigenvalue weighted by Gasteiger charge is -2.22. The maximum Gasteiger partial charge on any atom is 0.251 e. The molecule has 3 rings (SSSR count). The highest BCUT2D eigenvalue weighted by molar-refractivity contribution is 7.09. The molecule has 3 N–H and O–H groups in total. The zero-order chi connectivity index (χ0) is 19.1. The summed E-state index contributed by atoms with van der Waals surface area (Å²) in [5.74, 6) is 5.60. The Morgan fingerprint density at radius 3 is 2.81 bits per heavy atom. The third-order valence-corrected chi connectivity index (χ3v) is 5.34. The Labute approximate surface area is 164 Å². The van der Waals surface area contributed by atoms with Gasteiger partial charge in [0.15, 0.2) is 0 Å². The first-order valence-electron chi connectivity index (χ1n) is 9.11. The van der Waals surface area contributed by atoms with Crippen LogP contribution in [0.3, 0.4) is 0 Å².